The van der Waals surface area contributed by atoms with Crippen LogP contribution in [0.1, 0.15) is 24.8 Å². The molecule has 2 aromatic rings. The first kappa shape index (κ1) is 16.8. The molecule has 0 bridgehead atoms. The Morgan fingerprint density at radius 2 is 2.00 bits per heavy atom. The standard InChI is InChI=1S/C20H16BrNO4/c1-2-25-20(24)17-13(12-7-4-3-5-8-12)11-16(23)22-15-10-6-9-14(21)18(15)26-19(17)22/h3-10,13H,2,11H2,1H3/t13-/m1/s1. The van der Waals surface area contributed by atoms with Gasteiger partial charge in [-0.2, -0.15) is 0 Å². The predicted molar refractivity (Wildman–Crippen MR) is 99.7 cm³/mol. The van der Waals surface area contributed by atoms with Crippen molar-refractivity contribution in [3.63, 3.8) is 0 Å². The van der Waals surface area contributed by atoms with Crippen LogP contribution in [0.25, 0.3) is 0 Å². The van der Waals surface area contributed by atoms with E-state index in [9.17, 15) is 9.59 Å². The smallest absolute Gasteiger partial charge is 0.340 e. The summed E-state index contributed by atoms with van der Waals surface area (Å²) in [5.74, 6) is -0.194. The Labute approximate surface area is 159 Å². The van der Waals surface area contributed by atoms with E-state index in [0.717, 1.165) is 10.0 Å². The number of benzene rings is 2. The van der Waals surface area contributed by atoms with E-state index in [1.54, 1.807) is 13.0 Å². The molecule has 1 amide bonds. The highest BCUT2D eigenvalue weighted by molar-refractivity contribution is 9.10. The molecule has 0 aromatic heterocycles. The second-order valence-corrected chi connectivity index (χ2v) is 6.88. The highest BCUT2D eigenvalue weighted by Gasteiger charge is 2.45. The number of ether oxygens (including phenoxy) is 2. The van der Waals surface area contributed by atoms with Gasteiger partial charge in [0.25, 0.3) is 0 Å². The topological polar surface area (TPSA) is 55.8 Å². The van der Waals surface area contributed by atoms with Crippen LogP contribution in [-0.4, -0.2) is 18.5 Å². The second kappa shape index (κ2) is 6.61. The summed E-state index contributed by atoms with van der Waals surface area (Å²) < 4.78 is 12.0. The minimum atomic E-state index is -0.460. The largest absolute Gasteiger partial charge is 0.462 e. The van der Waals surface area contributed by atoms with E-state index in [1.165, 1.54) is 4.90 Å². The molecule has 0 N–H and O–H groups in total. The molecule has 0 spiro atoms. The van der Waals surface area contributed by atoms with Crippen molar-refractivity contribution >= 4 is 33.5 Å². The van der Waals surface area contributed by atoms with Gasteiger partial charge in [-0.15, -0.1) is 0 Å². The van der Waals surface area contributed by atoms with Crippen LogP contribution < -0.4 is 9.64 Å². The number of hydrogen-bond donors (Lipinski definition) is 0. The van der Waals surface area contributed by atoms with Crippen LogP contribution in [0.3, 0.4) is 0 Å². The maximum atomic E-state index is 12.9. The molecule has 2 heterocycles. The number of hydrogen-bond acceptors (Lipinski definition) is 4. The van der Waals surface area contributed by atoms with Gasteiger partial charge in [-0.3, -0.25) is 4.79 Å². The lowest BCUT2D eigenvalue weighted by Gasteiger charge is -2.30. The van der Waals surface area contributed by atoms with Crippen molar-refractivity contribution < 1.29 is 19.1 Å². The van der Waals surface area contributed by atoms with Crippen LogP contribution in [0.2, 0.25) is 0 Å². The van der Waals surface area contributed by atoms with Crippen molar-refractivity contribution in [2.24, 2.45) is 0 Å². The number of halogens is 1. The van der Waals surface area contributed by atoms with Crippen LogP contribution in [0.5, 0.6) is 5.75 Å². The van der Waals surface area contributed by atoms with Gasteiger partial charge in [-0.05, 0) is 40.5 Å². The normalized spacial score (nSPS) is 18.3. The molecule has 0 aliphatic carbocycles. The zero-order chi connectivity index (χ0) is 18.3. The fourth-order valence-electron chi connectivity index (χ4n) is 3.37. The van der Waals surface area contributed by atoms with E-state index in [1.807, 2.05) is 42.5 Å². The van der Waals surface area contributed by atoms with E-state index in [4.69, 9.17) is 9.47 Å². The van der Waals surface area contributed by atoms with Crippen molar-refractivity contribution in [3.8, 4) is 5.75 Å². The van der Waals surface area contributed by atoms with Gasteiger partial charge in [0.2, 0.25) is 11.8 Å². The van der Waals surface area contributed by atoms with Crippen LogP contribution in [0, 0.1) is 0 Å². The quantitative estimate of drug-likeness (QED) is 0.709. The molecule has 1 atom stereocenters. The van der Waals surface area contributed by atoms with E-state index < -0.39 is 11.9 Å². The zero-order valence-corrected chi connectivity index (χ0v) is 15.7. The number of anilines is 1. The molecule has 5 nitrogen and oxygen atoms in total. The molecule has 132 valence electrons. The highest BCUT2D eigenvalue weighted by atomic mass is 79.9. The third kappa shape index (κ3) is 2.61. The maximum Gasteiger partial charge on any atom is 0.340 e. The first-order valence-electron chi connectivity index (χ1n) is 8.37. The van der Waals surface area contributed by atoms with Gasteiger partial charge in [0, 0.05) is 12.3 Å². The van der Waals surface area contributed by atoms with Crippen molar-refractivity contribution in [1.29, 1.82) is 0 Å². The maximum absolute atomic E-state index is 12.9. The summed E-state index contributed by atoms with van der Waals surface area (Å²) in [6.45, 7) is 2.01. The summed E-state index contributed by atoms with van der Waals surface area (Å²) in [4.78, 5) is 27.1. The molecule has 0 radical (unpaired) electrons. The van der Waals surface area contributed by atoms with Crippen LogP contribution in [-0.2, 0) is 14.3 Å². The molecule has 2 aromatic carbocycles. The summed E-state index contributed by atoms with van der Waals surface area (Å²) in [6, 6.07) is 15.0. The van der Waals surface area contributed by atoms with Gasteiger partial charge in [0.15, 0.2) is 5.75 Å². The number of fused-ring (bicyclic) bond motifs is 3. The number of esters is 1. The molecule has 2 aliphatic rings. The van der Waals surface area contributed by atoms with Crippen molar-refractivity contribution in [1.82, 2.24) is 0 Å². The third-order valence-electron chi connectivity index (χ3n) is 4.49. The Morgan fingerprint density at radius 3 is 2.73 bits per heavy atom. The van der Waals surface area contributed by atoms with E-state index in [2.05, 4.69) is 15.9 Å². The third-order valence-corrected chi connectivity index (χ3v) is 5.12. The van der Waals surface area contributed by atoms with Crippen LogP contribution >= 0.6 is 15.9 Å². The molecular formula is C20H16BrNO4. The van der Waals surface area contributed by atoms with Crippen LogP contribution in [0.15, 0.2) is 64.5 Å². The fourth-order valence-corrected chi connectivity index (χ4v) is 3.81. The summed E-state index contributed by atoms with van der Waals surface area (Å²) in [7, 11) is 0. The molecule has 26 heavy (non-hydrogen) atoms. The minimum absolute atomic E-state index is 0.112. The molecule has 0 unspecified atom stereocenters. The number of amides is 1. The number of rotatable bonds is 3. The Bertz CT molecular complexity index is 923. The van der Waals surface area contributed by atoms with Crippen molar-refractivity contribution in [3.05, 3.63) is 70.0 Å². The number of carbonyl (C=O) groups is 2. The van der Waals surface area contributed by atoms with Gasteiger partial charge < -0.3 is 9.47 Å². The van der Waals surface area contributed by atoms with Gasteiger partial charge in [-0.1, -0.05) is 36.4 Å². The minimum Gasteiger partial charge on any atom is -0.462 e. The first-order valence-corrected chi connectivity index (χ1v) is 9.16. The van der Waals surface area contributed by atoms with E-state index >= 15 is 0 Å². The zero-order valence-electron chi connectivity index (χ0n) is 14.1. The monoisotopic (exact) mass is 413 g/mol. The Hall–Kier alpha value is -2.60. The summed E-state index contributed by atoms with van der Waals surface area (Å²) in [5, 5.41) is 0. The van der Waals surface area contributed by atoms with E-state index in [0.29, 0.717) is 17.0 Å². The lowest BCUT2D eigenvalue weighted by Crippen LogP contribution is -2.38. The lowest BCUT2D eigenvalue weighted by molar-refractivity contribution is -0.139. The molecule has 0 saturated carbocycles. The summed E-state index contributed by atoms with van der Waals surface area (Å²) in [5.41, 5.74) is 1.89. The van der Waals surface area contributed by atoms with E-state index in [-0.39, 0.29) is 24.8 Å². The average Bonchev–Trinajstić information content (AvgIpc) is 3.04. The molecule has 2 aliphatic heterocycles. The first-order chi connectivity index (χ1) is 12.6. The molecule has 0 fully saturated rings. The predicted octanol–water partition coefficient (Wildman–Crippen LogP) is 4.14. The number of carbonyl (C=O) groups excluding carboxylic acids is 2. The molecule has 0 saturated heterocycles. The van der Waals surface area contributed by atoms with Crippen LogP contribution in [0.4, 0.5) is 5.69 Å². The number of nitrogens with zero attached hydrogens (tertiary/aromatic N) is 1. The van der Waals surface area contributed by atoms with Gasteiger partial charge in [0.1, 0.15) is 5.57 Å². The Morgan fingerprint density at radius 1 is 1.23 bits per heavy atom. The summed E-state index contributed by atoms with van der Waals surface area (Å²) >= 11 is 3.45. The van der Waals surface area contributed by atoms with Gasteiger partial charge >= 0.3 is 5.97 Å². The Balaban J connectivity index is 1.90. The average molecular weight is 414 g/mol. The number of para-hydroxylation sites is 1. The molecule has 6 heteroatoms. The van der Waals surface area contributed by atoms with Crippen molar-refractivity contribution in [2.75, 3.05) is 11.5 Å². The lowest BCUT2D eigenvalue weighted by atomic mass is 9.85. The SMILES string of the molecule is CCOC(=O)C1=C2Oc3c(Br)cccc3N2C(=O)C[C@@H]1c1ccccc1. The Kier molecular flexibility index (Phi) is 4.28. The van der Waals surface area contributed by atoms with Gasteiger partial charge in [-0.25, -0.2) is 9.69 Å². The van der Waals surface area contributed by atoms with Gasteiger partial charge in [0.05, 0.1) is 16.8 Å². The fraction of sp³-hybridized carbons (Fsp3) is 0.200. The second-order valence-electron chi connectivity index (χ2n) is 6.03. The highest BCUT2D eigenvalue weighted by Crippen LogP contribution is 2.49. The molecular weight excluding hydrogens is 398 g/mol. The molecule has 4 rings (SSSR count). The summed E-state index contributed by atoms with van der Waals surface area (Å²) in [6.07, 6.45) is 0.178. The van der Waals surface area contributed by atoms with Crippen molar-refractivity contribution in [2.45, 2.75) is 19.3 Å².